The Labute approximate surface area is 119 Å². The van der Waals surface area contributed by atoms with E-state index < -0.39 is 0 Å². The van der Waals surface area contributed by atoms with Crippen molar-refractivity contribution in [1.82, 2.24) is 15.1 Å². The highest BCUT2D eigenvalue weighted by Crippen LogP contribution is 2.26. The lowest BCUT2D eigenvalue weighted by Crippen LogP contribution is -2.56. The fraction of sp³-hybridized carbons (Fsp3) is 1.00. The first-order chi connectivity index (χ1) is 9.22. The van der Waals surface area contributed by atoms with Crippen molar-refractivity contribution >= 4 is 0 Å². The van der Waals surface area contributed by atoms with Crippen LogP contribution in [-0.4, -0.2) is 61.7 Å². The third-order valence-corrected chi connectivity index (χ3v) is 5.08. The van der Waals surface area contributed by atoms with Crippen LogP contribution in [0.1, 0.15) is 51.9 Å². The largest absolute Gasteiger partial charge is 0.312 e. The van der Waals surface area contributed by atoms with Gasteiger partial charge in [0.25, 0.3) is 0 Å². The van der Waals surface area contributed by atoms with Gasteiger partial charge in [-0.05, 0) is 59.3 Å². The zero-order chi connectivity index (χ0) is 13.7. The quantitative estimate of drug-likeness (QED) is 0.825. The van der Waals surface area contributed by atoms with Crippen LogP contribution in [-0.2, 0) is 0 Å². The van der Waals surface area contributed by atoms with Crippen molar-refractivity contribution in [3.05, 3.63) is 0 Å². The van der Waals surface area contributed by atoms with Gasteiger partial charge in [0.05, 0.1) is 0 Å². The van der Waals surface area contributed by atoms with Gasteiger partial charge in [0, 0.05) is 24.7 Å². The summed E-state index contributed by atoms with van der Waals surface area (Å²) in [4.78, 5) is 5.21. The molecule has 1 N–H and O–H groups in total. The first-order valence-corrected chi connectivity index (χ1v) is 8.36. The second-order valence-corrected chi connectivity index (χ2v) is 6.64. The third kappa shape index (κ3) is 4.17. The van der Waals surface area contributed by atoms with Crippen LogP contribution in [0.25, 0.3) is 0 Å². The van der Waals surface area contributed by atoms with E-state index in [1.165, 1.54) is 64.6 Å². The molecule has 0 bridgehead atoms. The summed E-state index contributed by atoms with van der Waals surface area (Å²) in [5.41, 5.74) is 0. The Morgan fingerprint density at radius 1 is 1.16 bits per heavy atom. The maximum Gasteiger partial charge on any atom is 0.0249 e. The Morgan fingerprint density at radius 3 is 2.68 bits per heavy atom. The molecule has 1 aliphatic heterocycles. The average Bonchev–Trinajstić information content (AvgIpc) is 2.44. The van der Waals surface area contributed by atoms with Gasteiger partial charge in [0.15, 0.2) is 0 Å². The predicted octanol–water partition coefficient (Wildman–Crippen LogP) is 2.32. The summed E-state index contributed by atoms with van der Waals surface area (Å²) >= 11 is 0. The number of hydrogen-bond acceptors (Lipinski definition) is 3. The third-order valence-electron chi connectivity index (χ3n) is 5.08. The van der Waals surface area contributed by atoms with E-state index in [0.717, 1.165) is 18.1 Å². The van der Waals surface area contributed by atoms with E-state index in [2.05, 4.69) is 36.1 Å². The fourth-order valence-corrected chi connectivity index (χ4v) is 3.91. The van der Waals surface area contributed by atoms with Crippen LogP contribution in [0.3, 0.4) is 0 Å². The van der Waals surface area contributed by atoms with E-state index in [-0.39, 0.29) is 0 Å². The summed E-state index contributed by atoms with van der Waals surface area (Å²) in [7, 11) is 4.65. The molecule has 0 radical (unpaired) electrons. The minimum Gasteiger partial charge on any atom is -0.312 e. The van der Waals surface area contributed by atoms with Gasteiger partial charge in [-0.2, -0.15) is 0 Å². The molecule has 1 aliphatic carbocycles. The Balaban J connectivity index is 1.92. The fourth-order valence-electron chi connectivity index (χ4n) is 3.91. The van der Waals surface area contributed by atoms with Crippen molar-refractivity contribution in [2.24, 2.45) is 0 Å². The zero-order valence-corrected chi connectivity index (χ0v) is 13.2. The van der Waals surface area contributed by atoms with E-state index in [0.29, 0.717) is 0 Å². The molecule has 1 heterocycles. The lowest BCUT2D eigenvalue weighted by Gasteiger charge is -2.45. The Bertz CT molecular complexity index is 256. The van der Waals surface area contributed by atoms with Crippen LogP contribution in [0.5, 0.6) is 0 Å². The van der Waals surface area contributed by atoms with E-state index in [9.17, 15) is 0 Å². The molecule has 0 spiro atoms. The molecule has 0 aromatic rings. The van der Waals surface area contributed by atoms with Crippen molar-refractivity contribution in [3.63, 3.8) is 0 Å². The van der Waals surface area contributed by atoms with Gasteiger partial charge in [0.1, 0.15) is 0 Å². The van der Waals surface area contributed by atoms with Gasteiger partial charge in [-0.3, -0.25) is 4.90 Å². The Morgan fingerprint density at radius 2 is 1.95 bits per heavy atom. The second-order valence-electron chi connectivity index (χ2n) is 6.64. The number of nitrogens with one attached hydrogen (secondary N) is 1. The smallest absolute Gasteiger partial charge is 0.0249 e. The van der Waals surface area contributed by atoms with Gasteiger partial charge in [-0.1, -0.05) is 19.8 Å². The monoisotopic (exact) mass is 267 g/mol. The molecule has 1 saturated carbocycles. The van der Waals surface area contributed by atoms with Crippen molar-refractivity contribution in [2.75, 3.05) is 33.7 Å². The lowest BCUT2D eigenvalue weighted by molar-refractivity contribution is 0.0636. The van der Waals surface area contributed by atoms with Crippen LogP contribution in [0.4, 0.5) is 0 Å². The minimum absolute atomic E-state index is 0.728. The van der Waals surface area contributed by atoms with Crippen molar-refractivity contribution < 1.29 is 0 Å². The number of likely N-dealkylation sites (tertiary alicyclic amines) is 1. The maximum absolute atomic E-state index is 3.80. The summed E-state index contributed by atoms with van der Waals surface area (Å²) in [6.45, 7) is 5.99. The highest BCUT2D eigenvalue weighted by Gasteiger charge is 2.32. The molecule has 2 fully saturated rings. The van der Waals surface area contributed by atoms with E-state index in [1.54, 1.807) is 0 Å². The molecule has 3 atom stereocenters. The molecule has 2 rings (SSSR count). The summed E-state index contributed by atoms with van der Waals surface area (Å²) in [6, 6.07) is 2.26. The number of rotatable bonds is 5. The number of hydrogen-bond donors (Lipinski definition) is 1. The molecule has 2 aliphatic rings. The molecular weight excluding hydrogens is 234 g/mol. The molecule has 19 heavy (non-hydrogen) atoms. The molecular formula is C16H33N3. The number of nitrogens with zero attached hydrogens (tertiary/aromatic N) is 2. The standard InChI is InChI=1S/C16H33N3/c1-4-11-17-15-9-5-6-10-16(15)19(3)14-8-7-12-18(2)13-14/h14-17H,4-13H2,1-3H3. The highest BCUT2D eigenvalue weighted by molar-refractivity contribution is 4.91. The Kier molecular flexibility index (Phi) is 6.11. The van der Waals surface area contributed by atoms with Gasteiger partial charge < -0.3 is 10.2 Å². The van der Waals surface area contributed by atoms with Crippen LogP contribution in [0, 0.1) is 0 Å². The van der Waals surface area contributed by atoms with Crippen LogP contribution in [0.2, 0.25) is 0 Å². The number of piperidine rings is 1. The molecule has 0 aromatic carbocycles. The first-order valence-electron chi connectivity index (χ1n) is 8.36. The second kappa shape index (κ2) is 7.61. The normalized spacial score (nSPS) is 33.8. The van der Waals surface area contributed by atoms with E-state index in [4.69, 9.17) is 0 Å². The summed E-state index contributed by atoms with van der Waals surface area (Å²) < 4.78 is 0. The molecule has 0 amide bonds. The van der Waals surface area contributed by atoms with Crippen molar-refractivity contribution in [1.29, 1.82) is 0 Å². The van der Waals surface area contributed by atoms with E-state index in [1.807, 2.05) is 0 Å². The van der Waals surface area contributed by atoms with Crippen LogP contribution in [0.15, 0.2) is 0 Å². The number of likely N-dealkylation sites (N-methyl/N-ethyl adjacent to an activating group) is 2. The molecule has 0 aromatic heterocycles. The first kappa shape index (κ1) is 15.3. The van der Waals surface area contributed by atoms with E-state index >= 15 is 0 Å². The van der Waals surface area contributed by atoms with Gasteiger partial charge in [-0.15, -0.1) is 0 Å². The lowest BCUT2D eigenvalue weighted by atomic mass is 9.87. The minimum atomic E-state index is 0.728. The summed E-state index contributed by atoms with van der Waals surface area (Å²) in [5.74, 6) is 0. The van der Waals surface area contributed by atoms with Gasteiger partial charge in [0.2, 0.25) is 0 Å². The molecule has 3 nitrogen and oxygen atoms in total. The molecule has 112 valence electrons. The van der Waals surface area contributed by atoms with Gasteiger partial charge in [-0.25, -0.2) is 0 Å². The van der Waals surface area contributed by atoms with Crippen molar-refractivity contribution in [3.8, 4) is 0 Å². The summed E-state index contributed by atoms with van der Waals surface area (Å²) in [6.07, 6.45) is 9.59. The SMILES string of the molecule is CCCNC1CCCCC1N(C)C1CCCN(C)C1. The van der Waals surface area contributed by atoms with Crippen molar-refractivity contribution in [2.45, 2.75) is 70.0 Å². The average molecular weight is 267 g/mol. The highest BCUT2D eigenvalue weighted by atomic mass is 15.2. The van der Waals surface area contributed by atoms with Gasteiger partial charge >= 0.3 is 0 Å². The zero-order valence-electron chi connectivity index (χ0n) is 13.2. The molecule has 3 unspecified atom stereocenters. The van der Waals surface area contributed by atoms with Crippen LogP contribution < -0.4 is 5.32 Å². The molecule has 1 saturated heterocycles. The summed E-state index contributed by atoms with van der Waals surface area (Å²) in [5, 5.41) is 3.80. The molecule has 3 heteroatoms. The van der Waals surface area contributed by atoms with Crippen LogP contribution >= 0.6 is 0 Å². The predicted molar refractivity (Wildman–Crippen MR) is 82.6 cm³/mol. The maximum atomic E-state index is 3.80. The Hall–Kier alpha value is -0.120. The topological polar surface area (TPSA) is 18.5 Å².